The van der Waals surface area contributed by atoms with Gasteiger partial charge in [-0.1, -0.05) is 6.07 Å². The highest BCUT2D eigenvalue weighted by Crippen LogP contribution is 2.27. The van der Waals surface area contributed by atoms with Gasteiger partial charge in [0.25, 0.3) is 5.91 Å². The van der Waals surface area contributed by atoms with Crippen molar-refractivity contribution in [2.24, 2.45) is 0 Å². The number of carbonyl (C=O) groups is 1. The zero-order chi connectivity index (χ0) is 16.4. The lowest BCUT2D eigenvalue weighted by molar-refractivity contribution is 0.0679. The third kappa shape index (κ3) is 3.73. The van der Waals surface area contributed by atoms with Crippen LogP contribution in [0.5, 0.6) is 5.75 Å². The van der Waals surface area contributed by atoms with Crippen molar-refractivity contribution in [1.82, 2.24) is 10.6 Å². The molecular weight excluding hydrogens is 304 g/mol. The Morgan fingerprint density at radius 1 is 1.25 bits per heavy atom. The summed E-state index contributed by atoms with van der Waals surface area (Å²) in [7, 11) is 0. The van der Waals surface area contributed by atoms with Gasteiger partial charge in [0.05, 0.1) is 6.10 Å². The summed E-state index contributed by atoms with van der Waals surface area (Å²) in [5.41, 5.74) is 0.672. The molecule has 3 aliphatic rings. The molecule has 0 aromatic heterocycles. The molecular formula is C19H26N2O3. The van der Waals surface area contributed by atoms with Gasteiger partial charge < -0.3 is 20.1 Å². The third-order valence-electron chi connectivity index (χ3n) is 5.36. The van der Waals surface area contributed by atoms with Gasteiger partial charge >= 0.3 is 0 Å². The van der Waals surface area contributed by atoms with Gasteiger partial charge in [0.15, 0.2) is 0 Å². The van der Waals surface area contributed by atoms with Crippen LogP contribution in [0.4, 0.5) is 0 Å². The first-order valence-corrected chi connectivity index (χ1v) is 9.17. The van der Waals surface area contributed by atoms with E-state index in [1.54, 1.807) is 0 Å². The Balaban J connectivity index is 1.33. The molecule has 3 atom stereocenters. The summed E-state index contributed by atoms with van der Waals surface area (Å²) in [6.07, 6.45) is 6.90. The number of ether oxygens (including phenoxy) is 2. The number of rotatable bonds is 5. The van der Waals surface area contributed by atoms with E-state index in [1.807, 2.05) is 24.3 Å². The fourth-order valence-electron chi connectivity index (χ4n) is 4.14. The number of piperidine rings is 1. The van der Waals surface area contributed by atoms with Gasteiger partial charge in [-0.25, -0.2) is 0 Å². The molecule has 1 aromatic carbocycles. The second kappa shape index (κ2) is 7.11. The van der Waals surface area contributed by atoms with E-state index >= 15 is 0 Å². The monoisotopic (exact) mass is 330 g/mol. The Bertz CT molecular complexity index is 574. The third-order valence-corrected chi connectivity index (χ3v) is 5.36. The van der Waals surface area contributed by atoms with Crippen LogP contribution < -0.4 is 15.4 Å². The van der Waals surface area contributed by atoms with Crippen molar-refractivity contribution in [3.8, 4) is 5.75 Å². The van der Waals surface area contributed by atoms with E-state index < -0.39 is 0 Å². The van der Waals surface area contributed by atoms with E-state index in [9.17, 15) is 4.79 Å². The smallest absolute Gasteiger partial charge is 0.251 e. The van der Waals surface area contributed by atoms with E-state index in [0.717, 1.165) is 38.0 Å². The van der Waals surface area contributed by atoms with E-state index in [1.165, 1.54) is 12.8 Å². The molecule has 1 amide bonds. The van der Waals surface area contributed by atoms with Gasteiger partial charge in [0, 0.05) is 30.3 Å². The highest BCUT2D eigenvalue weighted by Gasteiger charge is 2.34. The summed E-state index contributed by atoms with van der Waals surface area (Å²) < 4.78 is 11.4. The number of amides is 1. The van der Waals surface area contributed by atoms with Crippen LogP contribution in [0.15, 0.2) is 24.3 Å². The zero-order valence-corrected chi connectivity index (χ0v) is 14.0. The molecule has 3 fully saturated rings. The van der Waals surface area contributed by atoms with Crippen LogP contribution in [0.25, 0.3) is 0 Å². The molecule has 3 saturated heterocycles. The first-order chi connectivity index (χ1) is 11.8. The number of fused-ring (bicyclic) bond motifs is 2. The van der Waals surface area contributed by atoms with Crippen LogP contribution in [0, 0.1) is 0 Å². The maximum Gasteiger partial charge on any atom is 0.251 e. The van der Waals surface area contributed by atoms with Crippen LogP contribution in [0.1, 0.15) is 48.9 Å². The highest BCUT2D eigenvalue weighted by atomic mass is 16.5. The Kier molecular flexibility index (Phi) is 4.72. The minimum absolute atomic E-state index is 0.00358. The van der Waals surface area contributed by atoms with Crippen molar-refractivity contribution < 1.29 is 14.3 Å². The molecule has 5 nitrogen and oxygen atoms in total. The maximum atomic E-state index is 12.5. The summed E-state index contributed by atoms with van der Waals surface area (Å²) in [6.45, 7) is 1.39. The van der Waals surface area contributed by atoms with Crippen molar-refractivity contribution >= 4 is 5.91 Å². The predicted octanol–water partition coefficient (Wildman–Crippen LogP) is 2.26. The largest absolute Gasteiger partial charge is 0.491 e. The number of carbonyl (C=O) groups excluding carboxylic acids is 1. The molecule has 130 valence electrons. The van der Waals surface area contributed by atoms with Crippen molar-refractivity contribution in [1.29, 1.82) is 0 Å². The molecule has 2 N–H and O–H groups in total. The average Bonchev–Trinajstić information content (AvgIpc) is 3.23. The summed E-state index contributed by atoms with van der Waals surface area (Å²) in [5, 5.41) is 6.80. The van der Waals surface area contributed by atoms with Crippen LogP contribution in [0.3, 0.4) is 0 Å². The Morgan fingerprint density at radius 2 is 2.08 bits per heavy atom. The lowest BCUT2D eigenvalue weighted by atomic mass is 9.99. The van der Waals surface area contributed by atoms with E-state index in [0.29, 0.717) is 24.3 Å². The number of hydrogen-bond donors (Lipinski definition) is 2. The Morgan fingerprint density at radius 3 is 2.83 bits per heavy atom. The summed E-state index contributed by atoms with van der Waals surface area (Å²) in [6, 6.07) is 8.91. The van der Waals surface area contributed by atoms with Crippen LogP contribution >= 0.6 is 0 Å². The second-order valence-corrected chi connectivity index (χ2v) is 7.25. The van der Waals surface area contributed by atoms with Crippen molar-refractivity contribution in [3.63, 3.8) is 0 Å². The standard InChI is InChI=1S/C19H26N2O3/c22-19(21-16-10-14-6-7-15(11-16)20-14)13-3-1-4-17(9-13)24-12-18-5-2-8-23-18/h1,3-4,9,14-16,18,20H,2,5-8,10-12H2,(H,21,22). The molecule has 1 aromatic rings. The van der Waals surface area contributed by atoms with Crippen LogP contribution in [-0.2, 0) is 4.74 Å². The molecule has 0 saturated carbocycles. The number of benzene rings is 1. The summed E-state index contributed by atoms with van der Waals surface area (Å²) in [5.74, 6) is 0.743. The SMILES string of the molecule is O=C(NC1CC2CCC(C1)N2)c1cccc(OCC2CCCO2)c1. The molecule has 0 spiro atoms. The molecule has 2 bridgehead atoms. The van der Waals surface area contributed by atoms with Crippen molar-refractivity contribution in [2.45, 2.75) is 62.8 Å². The quantitative estimate of drug-likeness (QED) is 0.869. The zero-order valence-electron chi connectivity index (χ0n) is 14.0. The van der Waals surface area contributed by atoms with Gasteiger partial charge in [-0.2, -0.15) is 0 Å². The van der Waals surface area contributed by atoms with Crippen LogP contribution in [0.2, 0.25) is 0 Å². The molecule has 3 heterocycles. The lowest BCUT2D eigenvalue weighted by Crippen LogP contribution is -2.48. The second-order valence-electron chi connectivity index (χ2n) is 7.25. The minimum Gasteiger partial charge on any atom is -0.491 e. The van der Waals surface area contributed by atoms with Gasteiger partial charge in [0.1, 0.15) is 12.4 Å². The topological polar surface area (TPSA) is 59.6 Å². The van der Waals surface area contributed by atoms with Gasteiger partial charge in [0.2, 0.25) is 0 Å². The highest BCUT2D eigenvalue weighted by molar-refractivity contribution is 5.94. The molecule has 0 radical (unpaired) electrons. The minimum atomic E-state index is 0.00358. The number of hydrogen-bond acceptors (Lipinski definition) is 4. The van der Waals surface area contributed by atoms with Crippen LogP contribution in [-0.4, -0.2) is 43.4 Å². The molecule has 3 aliphatic heterocycles. The van der Waals surface area contributed by atoms with E-state index in [4.69, 9.17) is 9.47 Å². The Hall–Kier alpha value is -1.59. The molecule has 4 rings (SSSR count). The summed E-state index contributed by atoms with van der Waals surface area (Å²) >= 11 is 0. The maximum absolute atomic E-state index is 12.5. The van der Waals surface area contributed by atoms with Gasteiger partial charge in [-0.05, 0) is 56.7 Å². The first kappa shape index (κ1) is 15.9. The van der Waals surface area contributed by atoms with Crippen molar-refractivity contribution in [3.05, 3.63) is 29.8 Å². The first-order valence-electron chi connectivity index (χ1n) is 9.17. The van der Waals surface area contributed by atoms with E-state index in [2.05, 4.69) is 10.6 Å². The normalized spacial score (nSPS) is 31.8. The Labute approximate surface area is 143 Å². The van der Waals surface area contributed by atoms with Crippen molar-refractivity contribution in [2.75, 3.05) is 13.2 Å². The predicted molar refractivity (Wildman–Crippen MR) is 91.3 cm³/mol. The molecule has 24 heavy (non-hydrogen) atoms. The fourth-order valence-corrected chi connectivity index (χ4v) is 4.14. The fraction of sp³-hybridized carbons (Fsp3) is 0.632. The lowest BCUT2D eigenvalue weighted by Gasteiger charge is -2.29. The average molecular weight is 330 g/mol. The molecule has 0 aliphatic carbocycles. The summed E-state index contributed by atoms with van der Waals surface area (Å²) in [4.78, 5) is 12.5. The van der Waals surface area contributed by atoms with Gasteiger partial charge in [-0.3, -0.25) is 4.79 Å². The van der Waals surface area contributed by atoms with E-state index in [-0.39, 0.29) is 18.1 Å². The van der Waals surface area contributed by atoms with Gasteiger partial charge in [-0.15, -0.1) is 0 Å². The molecule has 3 unspecified atom stereocenters. The molecule has 5 heteroatoms. The number of nitrogens with one attached hydrogen (secondary N) is 2.